The minimum atomic E-state index is -0.823. The van der Waals surface area contributed by atoms with Crippen LogP contribution in [0, 0.1) is 0 Å². The zero-order chi connectivity index (χ0) is 13.1. The van der Waals surface area contributed by atoms with Crippen LogP contribution in [0.3, 0.4) is 0 Å². The molecule has 0 fully saturated rings. The highest BCUT2D eigenvalue weighted by molar-refractivity contribution is 9.10. The predicted octanol–water partition coefficient (Wildman–Crippen LogP) is 4.57. The summed E-state index contributed by atoms with van der Waals surface area (Å²) in [5.74, 6) is -1.36. The predicted molar refractivity (Wildman–Crippen MR) is 77.6 cm³/mol. The van der Waals surface area contributed by atoms with Crippen molar-refractivity contribution < 1.29 is 9.90 Å². The number of hydrogen-bond donors (Lipinski definition) is 1. The molecule has 5 heteroatoms. The van der Waals surface area contributed by atoms with Crippen molar-refractivity contribution in [2.75, 3.05) is 0 Å². The van der Waals surface area contributed by atoms with Crippen LogP contribution in [-0.2, 0) is 11.2 Å². The number of carbonyl (C=O) groups is 1. The summed E-state index contributed by atoms with van der Waals surface area (Å²) in [6, 6.07) is 11.2. The van der Waals surface area contributed by atoms with Gasteiger partial charge in [0.2, 0.25) is 0 Å². The summed E-state index contributed by atoms with van der Waals surface area (Å²) >= 11 is 10.5. The van der Waals surface area contributed by atoms with Gasteiger partial charge in [-0.2, -0.15) is 0 Å². The maximum Gasteiger partial charge on any atom is 0.312 e. The van der Waals surface area contributed by atoms with Gasteiger partial charge in [0.1, 0.15) is 0 Å². The third-order valence-corrected chi connectivity index (χ3v) is 4.46. The molecule has 0 bridgehead atoms. The molecule has 0 aliphatic heterocycles. The summed E-state index contributed by atoms with van der Waals surface area (Å²) < 4.78 is 1.60. The van der Waals surface area contributed by atoms with Crippen molar-refractivity contribution in [1.82, 2.24) is 0 Å². The van der Waals surface area contributed by atoms with Crippen LogP contribution in [0.5, 0.6) is 0 Å². The Bertz CT molecular complexity index is 550. The third kappa shape index (κ3) is 3.34. The number of rotatable bonds is 4. The molecule has 0 aliphatic rings. The van der Waals surface area contributed by atoms with Crippen LogP contribution in [0.25, 0.3) is 0 Å². The number of aliphatic carboxylic acids is 1. The van der Waals surface area contributed by atoms with Gasteiger partial charge in [0.15, 0.2) is 0 Å². The van der Waals surface area contributed by atoms with E-state index in [0.29, 0.717) is 10.8 Å². The molecule has 1 aromatic heterocycles. The summed E-state index contributed by atoms with van der Waals surface area (Å²) in [6.45, 7) is 0. The van der Waals surface area contributed by atoms with Crippen LogP contribution >= 0.6 is 38.9 Å². The summed E-state index contributed by atoms with van der Waals surface area (Å²) in [4.78, 5) is 12.1. The quantitative estimate of drug-likeness (QED) is 0.881. The first-order chi connectivity index (χ1) is 8.56. The zero-order valence-corrected chi connectivity index (χ0v) is 12.4. The highest BCUT2D eigenvalue weighted by Gasteiger charge is 2.22. The Morgan fingerprint density at radius 1 is 1.28 bits per heavy atom. The van der Waals surface area contributed by atoms with E-state index in [1.165, 1.54) is 11.3 Å². The lowest BCUT2D eigenvalue weighted by atomic mass is 9.98. The van der Waals surface area contributed by atoms with Crippen LogP contribution < -0.4 is 0 Å². The molecule has 1 N–H and O–H groups in total. The van der Waals surface area contributed by atoms with Crippen LogP contribution in [0.1, 0.15) is 16.4 Å². The van der Waals surface area contributed by atoms with Gasteiger partial charge in [-0.1, -0.05) is 39.7 Å². The van der Waals surface area contributed by atoms with Crippen molar-refractivity contribution in [3.8, 4) is 0 Å². The Kier molecular flexibility index (Phi) is 4.43. The van der Waals surface area contributed by atoms with E-state index < -0.39 is 11.9 Å². The topological polar surface area (TPSA) is 37.3 Å². The van der Waals surface area contributed by atoms with E-state index >= 15 is 0 Å². The minimum absolute atomic E-state index is 0.472. The van der Waals surface area contributed by atoms with Crippen molar-refractivity contribution in [3.63, 3.8) is 0 Å². The fourth-order valence-corrected chi connectivity index (χ4v) is 3.10. The molecular formula is C13H10BrClO2S. The summed E-state index contributed by atoms with van der Waals surface area (Å²) in [6.07, 6.45) is 0.472. The van der Waals surface area contributed by atoms with Crippen molar-refractivity contribution in [1.29, 1.82) is 0 Å². The normalized spacial score (nSPS) is 12.3. The van der Waals surface area contributed by atoms with Gasteiger partial charge in [-0.05, 0) is 36.2 Å². The van der Waals surface area contributed by atoms with Gasteiger partial charge in [-0.15, -0.1) is 11.3 Å². The molecule has 0 spiro atoms. The van der Waals surface area contributed by atoms with Gasteiger partial charge in [0, 0.05) is 9.35 Å². The van der Waals surface area contributed by atoms with Gasteiger partial charge >= 0.3 is 5.97 Å². The molecule has 0 saturated carbocycles. The largest absolute Gasteiger partial charge is 0.481 e. The fraction of sp³-hybridized carbons (Fsp3) is 0.154. The van der Waals surface area contributed by atoms with Crippen LogP contribution in [0.2, 0.25) is 4.34 Å². The Hall–Kier alpha value is -0.840. The van der Waals surface area contributed by atoms with Crippen LogP contribution in [0.4, 0.5) is 0 Å². The molecule has 18 heavy (non-hydrogen) atoms. The maximum atomic E-state index is 11.3. The second-order valence-electron chi connectivity index (χ2n) is 3.86. The molecular weight excluding hydrogens is 336 g/mol. The average Bonchev–Trinajstić information content (AvgIpc) is 2.74. The highest BCUT2D eigenvalue weighted by atomic mass is 79.9. The maximum absolute atomic E-state index is 11.3. The molecule has 0 saturated heterocycles. The molecule has 1 atom stereocenters. The van der Waals surface area contributed by atoms with E-state index in [2.05, 4.69) is 15.9 Å². The summed E-state index contributed by atoms with van der Waals surface area (Å²) in [5, 5.41) is 9.31. The number of benzene rings is 1. The first-order valence-corrected chi connectivity index (χ1v) is 7.27. The lowest BCUT2D eigenvalue weighted by Gasteiger charge is -2.10. The van der Waals surface area contributed by atoms with Gasteiger partial charge < -0.3 is 5.11 Å². The molecule has 0 radical (unpaired) electrons. The molecule has 1 aromatic carbocycles. The molecule has 1 unspecified atom stereocenters. The van der Waals surface area contributed by atoms with Gasteiger partial charge in [-0.25, -0.2) is 0 Å². The zero-order valence-electron chi connectivity index (χ0n) is 9.27. The highest BCUT2D eigenvalue weighted by Crippen LogP contribution is 2.31. The molecule has 2 nitrogen and oxygen atoms in total. The van der Waals surface area contributed by atoms with E-state index in [1.54, 1.807) is 12.1 Å². The third-order valence-electron chi connectivity index (χ3n) is 2.59. The second kappa shape index (κ2) is 5.87. The van der Waals surface area contributed by atoms with Crippen LogP contribution in [-0.4, -0.2) is 11.1 Å². The molecule has 2 aromatic rings. The van der Waals surface area contributed by atoms with Crippen molar-refractivity contribution >= 4 is 44.8 Å². The first kappa shape index (κ1) is 13.6. The Morgan fingerprint density at radius 3 is 2.44 bits per heavy atom. The Labute approximate surface area is 122 Å². The number of carboxylic acids is 1. The minimum Gasteiger partial charge on any atom is -0.481 e. The molecule has 1 heterocycles. The van der Waals surface area contributed by atoms with Crippen molar-refractivity contribution in [2.45, 2.75) is 12.3 Å². The van der Waals surface area contributed by atoms with E-state index in [9.17, 15) is 9.90 Å². The number of hydrogen-bond acceptors (Lipinski definition) is 2. The SMILES string of the molecule is O=C(O)C(Cc1ccc(Br)cc1)c1ccc(Cl)s1. The summed E-state index contributed by atoms with van der Waals surface area (Å²) in [5.41, 5.74) is 0.995. The van der Waals surface area contributed by atoms with Crippen molar-refractivity contribution in [2.24, 2.45) is 0 Å². The lowest BCUT2D eigenvalue weighted by molar-refractivity contribution is -0.138. The monoisotopic (exact) mass is 344 g/mol. The molecule has 0 amide bonds. The molecule has 2 rings (SSSR count). The Morgan fingerprint density at radius 2 is 1.94 bits per heavy atom. The standard InChI is InChI=1S/C13H10BrClO2S/c14-9-3-1-8(2-4-9)7-10(13(16)17)11-5-6-12(15)18-11/h1-6,10H,7H2,(H,16,17). The van der Waals surface area contributed by atoms with Crippen molar-refractivity contribution in [3.05, 3.63) is 55.6 Å². The lowest BCUT2D eigenvalue weighted by Crippen LogP contribution is -2.13. The second-order valence-corrected chi connectivity index (χ2v) is 6.53. The van der Waals surface area contributed by atoms with E-state index in [0.717, 1.165) is 14.9 Å². The van der Waals surface area contributed by atoms with E-state index in [4.69, 9.17) is 11.6 Å². The number of thiophene rings is 1. The average molecular weight is 346 g/mol. The van der Waals surface area contributed by atoms with E-state index in [-0.39, 0.29) is 0 Å². The fourth-order valence-electron chi connectivity index (χ4n) is 1.68. The smallest absolute Gasteiger partial charge is 0.312 e. The first-order valence-electron chi connectivity index (χ1n) is 5.29. The molecule has 94 valence electrons. The Balaban J connectivity index is 2.22. The van der Waals surface area contributed by atoms with Gasteiger partial charge in [-0.3, -0.25) is 4.79 Å². The van der Waals surface area contributed by atoms with Gasteiger partial charge in [0.25, 0.3) is 0 Å². The number of carboxylic acid groups (broad SMARTS) is 1. The molecule has 0 aliphatic carbocycles. The van der Waals surface area contributed by atoms with E-state index in [1.807, 2.05) is 24.3 Å². The van der Waals surface area contributed by atoms with Crippen LogP contribution in [0.15, 0.2) is 40.9 Å². The summed E-state index contributed by atoms with van der Waals surface area (Å²) in [7, 11) is 0. The van der Waals surface area contributed by atoms with Gasteiger partial charge in [0.05, 0.1) is 10.3 Å². The number of halogens is 2.